The number of amides is 2. The number of aromatic nitrogens is 4. The summed E-state index contributed by atoms with van der Waals surface area (Å²) in [4.78, 5) is 46.2. The van der Waals surface area contributed by atoms with Gasteiger partial charge in [-0.1, -0.05) is 96.3 Å². The maximum absolute atomic E-state index is 12.2. The quantitative estimate of drug-likeness (QED) is 0.132. The first-order valence-electron chi connectivity index (χ1n) is 21.1. The molecule has 63 heavy (non-hydrogen) atoms. The third-order valence-electron chi connectivity index (χ3n) is 12.2. The van der Waals surface area contributed by atoms with E-state index in [0.29, 0.717) is 48.9 Å². The summed E-state index contributed by atoms with van der Waals surface area (Å²) in [7, 11) is 1.11. The average Bonchev–Trinajstić information content (AvgIpc) is 3.90. The summed E-state index contributed by atoms with van der Waals surface area (Å²) < 4.78 is 18.8. The molecule has 16 nitrogen and oxygen atoms in total. The van der Waals surface area contributed by atoms with Gasteiger partial charge in [0.1, 0.15) is 23.5 Å². The number of nitrogens with zero attached hydrogens (tertiary/aromatic N) is 6. The normalized spacial score (nSPS) is 22.9. The maximum Gasteiger partial charge on any atom is 0.261 e. The third-order valence-corrected chi connectivity index (χ3v) is 17.2. The Hall–Kier alpha value is -5.20. The van der Waals surface area contributed by atoms with E-state index in [9.17, 15) is 9.59 Å². The molecule has 8 rings (SSSR count). The second-order valence-corrected chi connectivity index (χ2v) is 21.7. The number of likely N-dealkylation sites (N-methyl/N-ethyl adjacent to an activating group) is 2. The summed E-state index contributed by atoms with van der Waals surface area (Å²) in [5.74, 6) is 2.38. The molecular formula is C46H68N10O6Si. The van der Waals surface area contributed by atoms with E-state index >= 15 is 0 Å². The molecule has 2 aromatic heterocycles. The highest BCUT2D eigenvalue weighted by molar-refractivity contribution is 6.99. The summed E-state index contributed by atoms with van der Waals surface area (Å²) >= 11 is 0. The topological polar surface area (TPSA) is 188 Å². The Labute approximate surface area is 374 Å². The van der Waals surface area contributed by atoms with Crippen LogP contribution in [0.15, 0.2) is 60.7 Å². The number of aliphatic hydroxyl groups excluding tert-OH is 1. The van der Waals surface area contributed by atoms with Crippen LogP contribution >= 0.6 is 0 Å². The monoisotopic (exact) mass is 885 g/mol. The Kier molecular flexibility index (Phi) is 15.6. The van der Waals surface area contributed by atoms with Crippen molar-refractivity contribution in [1.29, 1.82) is 0 Å². The van der Waals surface area contributed by atoms with Crippen molar-refractivity contribution in [3.63, 3.8) is 0 Å². The standard InChI is InChI=1S/C30H39N5O3Si.C14H21N5O3.2CH4/c1-20-26-27(35(6)21(2)28(36)33-26)34-29(31-20)32-22-17-23(37-18-22)19-38-39(30(3,4)5,24-13-9-7-10-14-24)25-15-11-8-12-16-25;1-7-11-12(19(3)8(2)13(21)17-11)18-14(15-7)16-9-4-10(5-20)22-6-9;;/h7-16,21-23H,17-19H2,1-6H3,(H,33,36)(H,31,32,34);8-10,20H,4-6H2,1-3H3,(H,17,21)(H,15,16,18);2*1H4/t21-,22?,23?;8-,9?,10?;;/m00../s1. The Balaban J connectivity index is 0.000000265. The third kappa shape index (κ3) is 10.1. The van der Waals surface area contributed by atoms with Crippen molar-refractivity contribution in [2.75, 3.05) is 71.6 Å². The summed E-state index contributed by atoms with van der Waals surface area (Å²) in [5.41, 5.74) is 2.79. The van der Waals surface area contributed by atoms with Crippen LogP contribution < -0.4 is 41.4 Å². The second-order valence-electron chi connectivity index (χ2n) is 17.4. The molecule has 17 heteroatoms. The second kappa shape index (κ2) is 20.1. The minimum atomic E-state index is -2.62. The molecule has 2 amide bonds. The Morgan fingerprint density at radius 2 is 1.14 bits per heavy atom. The molecule has 4 aliphatic rings. The van der Waals surface area contributed by atoms with E-state index in [1.807, 2.05) is 51.6 Å². The molecule has 0 bridgehead atoms. The highest BCUT2D eigenvalue weighted by atomic mass is 28.4. The van der Waals surface area contributed by atoms with Crippen molar-refractivity contribution in [3.8, 4) is 0 Å². The van der Waals surface area contributed by atoms with E-state index in [2.05, 4.69) is 118 Å². The van der Waals surface area contributed by atoms with Crippen molar-refractivity contribution < 1.29 is 28.6 Å². The number of aliphatic hydroxyl groups is 1. The van der Waals surface area contributed by atoms with Crippen molar-refractivity contribution >= 4 is 65.4 Å². The SMILES string of the molecule is C.C.Cc1nc(NC2COC(CO)C2)nc2c1NC(=O)[C@H](C)N2C.Cc1nc(NC2COC(CO[Si](c3ccccc3)(c3ccccc3)C(C)(C)C)C2)nc2c1NC(=O)[C@H](C)N2C. The summed E-state index contributed by atoms with van der Waals surface area (Å²) in [6.45, 7) is 15.9. The maximum atomic E-state index is 12.2. The van der Waals surface area contributed by atoms with Gasteiger partial charge >= 0.3 is 0 Å². The van der Waals surface area contributed by atoms with Crippen LogP contribution in [0.1, 0.15) is 73.7 Å². The van der Waals surface area contributed by atoms with Gasteiger partial charge in [0, 0.05) is 14.1 Å². The molecule has 2 aromatic carbocycles. The molecule has 5 N–H and O–H groups in total. The van der Waals surface area contributed by atoms with Gasteiger partial charge in [0.25, 0.3) is 8.32 Å². The van der Waals surface area contributed by atoms with Gasteiger partial charge in [0.2, 0.25) is 23.7 Å². The molecular weight excluding hydrogens is 817 g/mol. The van der Waals surface area contributed by atoms with Crippen LogP contribution in [0.2, 0.25) is 5.04 Å². The fourth-order valence-corrected chi connectivity index (χ4v) is 13.0. The number of hydrogen-bond acceptors (Lipinski definition) is 14. The molecule has 2 saturated heterocycles. The fraction of sp³-hybridized carbons (Fsp3) is 0.522. The lowest BCUT2D eigenvalue weighted by atomic mass is 10.1. The summed E-state index contributed by atoms with van der Waals surface area (Å²) in [6, 6.07) is 20.9. The largest absolute Gasteiger partial charge is 0.405 e. The van der Waals surface area contributed by atoms with Crippen LogP contribution in [0, 0.1) is 13.8 Å². The molecule has 4 aromatic rings. The Morgan fingerprint density at radius 1 is 0.730 bits per heavy atom. The van der Waals surface area contributed by atoms with Crippen LogP contribution in [0.3, 0.4) is 0 Å². The van der Waals surface area contributed by atoms with Gasteiger partial charge in [-0.2, -0.15) is 9.97 Å². The van der Waals surface area contributed by atoms with Gasteiger partial charge in [0.15, 0.2) is 11.6 Å². The zero-order chi connectivity index (χ0) is 43.6. The van der Waals surface area contributed by atoms with Crippen molar-refractivity contribution in [2.45, 2.75) is 118 Å². The average molecular weight is 885 g/mol. The van der Waals surface area contributed by atoms with Gasteiger partial charge in [-0.25, -0.2) is 9.97 Å². The molecule has 6 atom stereocenters. The van der Waals surface area contributed by atoms with Crippen LogP contribution in [-0.4, -0.2) is 122 Å². The predicted octanol–water partition coefficient (Wildman–Crippen LogP) is 5.10. The molecule has 0 saturated carbocycles. The first-order chi connectivity index (χ1) is 29.1. The number of nitrogens with one attached hydrogen (secondary N) is 4. The first-order valence-corrected chi connectivity index (χ1v) is 23.0. The van der Waals surface area contributed by atoms with Crippen LogP contribution in [0.5, 0.6) is 0 Å². The number of carbonyl (C=O) groups excluding carboxylic acids is 2. The van der Waals surface area contributed by atoms with Crippen LogP contribution in [0.25, 0.3) is 0 Å². The highest BCUT2D eigenvalue weighted by Gasteiger charge is 2.50. The van der Waals surface area contributed by atoms with E-state index in [4.69, 9.17) is 24.0 Å². The van der Waals surface area contributed by atoms with E-state index < -0.39 is 8.32 Å². The van der Waals surface area contributed by atoms with Gasteiger partial charge in [-0.15, -0.1) is 0 Å². The number of fused-ring (bicyclic) bond motifs is 2. The number of benzene rings is 2. The minimum Gasteiger partial charge on any atom is -0.405 e. The zero-order valence-corrected chi connectivity index (χ0v) is 37.7. The summed E-state index contributed by atoms with van der Waals surface area (Å²) in [5, 5.41) is 24.1. The van der Waals surface area contributed by atoms with Crippen LogP contribution in [0.4, 0.5) is 34.9 Å². The van der Waals surface area contributed by atoms with Crippen molar-refractivity contribution in [3.05, 3.63) is 72.1 Å². The fourth-order valence-electron chi connectivity index (χ4n) is 8.42. The molecule has 0 spiro atoms. The summed E-state index contributed by atoms with van der Waals surface area (Å²) in [6.07, 6.45) is 1.35. The molecule has 6 heterocycles. The molecule has 342 valence electrons. The van der Waals surface area contributed by atoms with Crippen LogP contribution in [-0.2, 0) is 23.5 Å². The minimum absolute atomic E-state index is 0. The lowest BCUT2D eigenvalue weighted by Crippen LogP contribution is -2.67. The molecule has 0 radical (unpaired) electrons. The number of anilines is 6. The zero-order valence-electron chi connectivity index (χ0n) is 36.7. The molecule has 0 aliphatic carbocycles. The predicted molar refractivity (Wildman–Crippen MR) is 254 cm³/mol. The van der Waals surface area contributed by atoms with E-state index in [1.165, 1.54) is 10.4 Å². The Bertz CT molecular complexity index is 2160. The first kappa shape index (κ1) is 48.8. The van der Waals surface area contributed by atoms with Gasteiger partial charge in [-0.05, 0) is 55.9 Å². The molecule has 4 aliphatic heterocycles. The lowest BCUT2D eigenvalue weighted by molar-refractivity contribution is -0.118. The van der Waals surface area contributed by atoms with Crippen molar-refractivity contribution in [2.24, 2.45) is 0 Å². The number of ether oxygens (including phenoxy) is 2. The number of rotatable bonds is 10. The Morgan fingerprint density at radius 3 is 1.54 bits per heavy atom. The van der Waals surface area contributed by atoms with E-state index in [0.717, 1.165) is 30.0 Å². The number of aryl methyl sites for hydroxylation is 2. The number of carbonyl (C=O) groups is 2. The van der Waals surface area contributed by atoms with E-state index in [1.54, 1.807) is 0 Å². The van der Waals surface area contributed by atoms with Crippen molar-refractivity contribution in [1.82, 2.24) is 19.9 Å². The molecule has 4 unspecified atom stereocenters. The van der Waals surface area contributed by atoms with E-state index in [-0.39, 0.29) is 74.7 Å². The smallest absolute Gasteiger partial charge is 0.261 e. The highest BCUT2D eigenvalue weighted by Crippen LogP contribution is 2.38. The van der Waals surface area contributed by atoms with Gasteiger partial charge < -0.3 is 50.1 Å². The van der Waals surface area contributed by atoms with Gasteiger partial charge in [0.05, 0.1) is 62.1 Å². The van der Waals surface area contributed by atoms with Gasteiger partial charge in [-0.3, -0.25) is 9.59 Å². The molecule has 2 fully saturated rings. The number of hydrogen-bond donors (Lipinski definition) is 5. The lowest BCUT2D eigenvalue weighted by Gasteiger charge is -2.43.